The van der Waals surface area contributed by atoms with Crippen molar-refractivity contribution in [1.82, 2.24) is 0 Å². The quantitative estimate of drug-likeness (QED) is 0.470. The van der Waals surface area contributed by atoms with Gasteiger partial charge in [0.2, 0.25) is 0 Å². The number of halogens is 2. The Kier molecular flexibility index (Phi) is 15.6. The summed E-state index contributed by atoms with van der Waals surface area (Å²) in [5.41, 5.74) is 2.95. The van der Waals surface area contributed by atoms with Crippen LogP contribution in [0.3, 0.4) is 0 Å². The van der Waals surface area contributed by atoms with Crippen LogP contribution in [0.5, 0.6) is 0 Å². The molecule has 0 aromatic heterocycles. The van der Waals surface area contributed by atoms with Crippen LogP contribution in [-0.2, 0) is 26.2 Å². The topological polar surface area (TPSA) is 0 Å². The van der Waals surface area contributed by atoms with Gasteiger partial charge in [-0.15, -0.1) is 6.92 Å². The standard InChI is InChI=1S/C9H13.2ClH.Zr/c1-3-5-9-7-4-6-8(9)2;;;/h4H,3,5-6H2,1-2H3;2*1H;/q-1;;;+3/p-2. The van der Waals surface area contributed by atoms with Crippen molar-refractivity contribution in [2.75, 3.05) is 0 Å². The molecule has 0 spiro atoms. The molecule has 1 aliphatic carbocycles. The van der Waals surface area contributed by atoms with Gasteiger partial charge in [0.1, 0.15) is 0 Å². The fourth-order valence-corrected chi connectivity index (χ4v) is 1.11. The molecule has 0 unspecified atom stereocenters. The van der Waals surface area contributed by atoms with Gasteiger partial charge in [-0.05, 0) is 0 Å². The van der Waals surface area contributed by atoms with Gasteiger partial charge in [0.25, 0.3) is 0 Å². The minimum Gasteiger partial charge on any atom is -1.00 e. The van der Waals surface area contributed by atoms with Gasteiger partial charge in [0, 0.05) is 0 Å². The van der Waals surface area contributed by atoms with Crippen molar-refractivity contribution >= 4 is 0 Å². The van der Waals surface area contributed by atoms with Crippen LogP contribution in [0.1, 0.15) is 33.1 Å². The first kappa shape index (κ1) is 18.7. The van der Waals surface area contributed by atoms with E-state index in [1.807, 2.05) is 0 Å². The molecule has 67 valence electrons. The van der Waals surface area contributed by atoms with Crippen LogP contribution in [0, 0.1) is 6.08 Å². The largest absolute Gasteiger partial charge is 3.00 e. The molecule has 0 aromatic rings. The third-order valence-corrected chi connectivity index (χ3v) is 1.70. The van der Waals surface area contributed by atoms with Crippen LogP contribution in [0.2, 0.25) is 0 Å². The molecule has 0 amide bonds. The minimum absolute atomic E-state index is 0. The van der Waals surface area contributed by atoms with Crippen LogP contribution in [0.25, 0.3) is 0 Å². The van der Waals surface area contributed by atoms with Crippen LogP contribution >= 0.6 is 0 Å². The third kappa shape index (κ3) is 5.57. The summed E-state index contributed by atoms with van der Waals surface area (Å²) in [5.74, 6) is 0. The van der Waals surface area contributed by atoms with E-state index in [0.29, 0.717) is 0 Å². The van der Waals surface area contributed by atoms with Crippen molar-refractivity contribution in [1.29, 1.82) is 0 Å². The average molecular weight is 283 g/mol. The van der Waals surface area contributed by atoms with E-state index in [0.717, 1.165) is 6.42 Å². The summed E-state index contributed by atoms with van der Waals surface area (Å²) in [6, 6.07) is 0. The van der Waals surface area contributed by atoms with E-state index < -0.39 is 0 Å². The first-order valence-electron chi connectivity index (χ1n) is 3.61. The van der Waals surface area contributed by atoms with E-state index in [2.05, 4.69) is 26.0 Å². The van der Waals surface area contributed by atoms with E-state index in [-0.39, 0.29) is 51.0 Å². The number of allylic oxidation sites excluding steroid dienone is 4. The second-order valence-corrected chi connectivity index (χ2v) is 2.56. The van der Waals surface area contributed by atoms with Gasteiger partial charge in [-0.25, -0.2) is 11.1 Å². The number of rotatable bonds is 2. The van der Waals surface area contributed by atoms with Crippen LogP contribution < -0.4 is 24.8 Å². The van der Waals surface area contributed by atoms with Crippen LogP contribution in [0.15, 0.2) is 17.2 Å². The van der Waals surface area contributed by atoms with E-state index in [1.165, 1.54) is 24.0 Å². The van der Waals surface area contributed by atoms with Crippen molar-refractivity contribution in [2.45, 2.75) is 33.1 Å². The predicted octanol–water partition coefficient (Wildman–Crippen LogP) is -3.13. The summed E-state index contributed by atoms with van der Waals surface area (Å²) in [4.78, 5) is 0. The van der Waals surface area contributed by atoms with Gasteiger partial charge < -0.3 is 24.8 Å². The van der Waals surface area contributed by atoms with Crippen molar-refractivity contribution in [3.8, 4) is 0 Å². The summed E-state index contributed by atoms with van der Waals surface area (Å²) in [6.07, 6.45) is 8.98. The molecular weight excluding hydrogens is 270 g/mol. The zero-order valence-electron chi connectivity index (χ0n) is 7.45. The van der Waals surface area contributed by atoms with Crippen molar-refractivity contribution in [3.05, 3.63) is 23.3 Å². The first-order chi connectivity index (χ1) is 4.34. The Balaban J connectivity index is -0.000000270. The molecule has 3 heteroatoms. The summed E-state index contributed by atoms with van der Waals surface area (Å²) < 4.78 is 0. The third-order valence-electron chi connectivity index (χ3n) is 1.70. The molecule has 0 bridgehead atoms. The normalized spacial score (nSPS) is 13.2. The van der Waals surface area contributed by atoms with Crippen molar-refractivity contribution < 1.29 is 51.0 Å². The van der Waals surface area contributed by atoms with Gasteiger partial charge in [0.05, 0.1) is 0 Å². The molecule has 12 heavy (non-hydrogen) atoms. The molecule has 0 heterocycles. The maximum Gasteiger partial charge on any atom is 3.00 e. The van der Waals surface area contributed by atoms with Gasteiger partial charge in [-0.2, -0.15) is 6.08 Å². The number of hydrogen-bond acceptors (Lipinski definition) is 0. The average Bonchev–Trinajstić information content (AvgIpc) is 2.18. The summed E-state index contributed by atoms with van der Waals surface area (Å²) in [6.45, 7) is 4.40. The Labute approximate surface area is 107 Å². The van der Waals surface area contributed by atoms with Gasteiger partial charge >= 0.3 is 26.2 Å². The predicted molar refractivity (Wildman–Crippen MR) is 40.0 cm³/mol. The SMILES string of the molecule is CCCC1=C(C)CC=[C-]1.[Cl-].[Cl-].[Zr+3]. The van der Waals surface area contributed by atoms with Gasteiger partial charge in [-0.1, -0.05) is 26.2 Å². The molecule has 0 saturated heterocycles. The van der Waals surface area contributed by atoms with Gasteiger partial charge in [0.15, 0.2) is 0 Å². The summed E-state index contributed by atoms with van der Waals surface area (Å²) in [7, 11) is 0. The Morgan fingerprint density at radius 1 is 1.42 bits per heavy atom. The Bertz CT molecular complexity index is 162. The van der Waals surface area contributed by atoms with Crippen LogP contribution in [0.4, 0.5) is 0 Å². The first-order valence-corrected chi connectivity index (χ1v) is 3.61. The molecule has 0 saturated carbocycles. The van der Waals surface area contributed by atoms with Gasteiger partial charge in [-0.3, -0.25) is 6.08 Å². The second kappa shape index (κ2) is 10.0. The minimum atomic E-state index is 0. The fraction of sp³-hybridized carbons (Fsp3) is 0.556. The molecule has 0 aliphatic heterocycles. The molecule has 0 nitrogen and oxygen atoms in total. The van der Waals surface area contributed by atoms with Crippen LogP contribution in [-0.4, -0.2) is 0 Å². The molecule has 0 atom stereocenters. The fourth-order valence-electron chi connectivity index (χ4n) is 1.11. The molecule has 1 aliphatic rings. The monoisotopic (exact) mass is 281 g/mol. The Morgan fingerprint density at radius 2 is 2.00 bits per heavy atom. The maximum atomic E-state index is 3.26. The molecule has 0 fully saturated rings. The van der Waals surface area contributed by atoms with E-state index in [9.17, 15) is 0 Å². The Morgan fingerprint density at radius 3 is 2.33 bits per heavy atom. The van der Waals surface area contributed by atoms with Crippen molar-refractivity contribution in [3.63, 3.8) is 0 Å². The number of hydrogen-bond donors (Lipinski definition) is 0. The summed E-state index contributed by atoms with van der Waals surface area (Å²) in [5, 5.41) is 0. The van der Waals surface area contributed by atoms with E-state index in [4.69, 9.17) is 0 Å². The van der Waals surface area contributed by atoms with Crippen molar-refractivity contribution in [2.24, 2.45) is 0 Å². The molecular formula is C9H13Cl2Zr. The summed E-state index contributed by atoms with van der Waals surface area (Å²) >= 11 is 0. The van der Waals surface area contributed by atoms with E-state index >= 15 is 0 Å². The zero-order chi connectivity index (χ0) is 6.69. The zero-order valence-corrected chi connectivity index (χ0v) is 11.4. The smallest absolute Gasteiger partial charge is 1.00 e. The molecule has 0 N–H and O–H groups in total. The molecule has 1 radical (unpaired) electrons. The Hall–Kier alpha value is 0.943. The maximum absolute atomic E-state index is 3.26. The van der Waals surface area contributed by atoms with E-state index in [1.54, 1.807) is 0 Å². The second-order valence-electron chi connectivity index (χ2n) is 2.56. The molecule has 1 rings (SSSR count). The molecule has 0 aromatic carbocycles.